The molecule has 0 saturated carbocycles. The Morgan fingerprint density at radius 2 is 1.83 bits per heavy atom. The van der Waals surface area contributed by atoms with E-state index in [-0.39, 0.29) is 57.8 Å². The molecule has 2 rings (SSSR count). The number of aliphatic hydroxyl groups is 2. The Morgan fingerprint density at radius 3 is 2.25 bits per heavy atom. The first-order valence-electron chi connectivity index (χ1n) is 6.07. The van der Waals surface area contributed by atoms with E-state index in [9.17, 15) is 14.7 Å². The minimum atomic E-state index is -4.64. The van der Waals surface area contributed by atoms with Gasteiger partial charge in [0.05, 0.1) is 12.7 Å². The van der Waals surface area contributed by atoms with Crippen molar-refractivity contribution in [1.82, 2.24) is 9.55 Å². The summed E-state index contributed by atoms with van der Waals surface area (Å²) >= 11 is 0. The van der Waals surface area contributed by atoms with Gasteiger partial charge >= 0.3 is 13.5 Å². The Morgan fingerprint density at radius 1 is 1.33 bits per heavy atom. The predicted octanol–water partition coefficient (Wildman–Crippen LogP) is -2.45. The molecule has 14 heteroatoms. The van der Waals surface area contributed by atoms with Crippen molar-refractivity contribution < 1.29 is 79.0 Å². The molecule has 0 bridgehead atoms. The van der Waals surface area contributed by atoms with E-state index >= 15 is 0 Å². The Labute approximate surface area is 166 Å². The van der Waals surface area contributed by atoms with Gasteiger partial charge in [-0.2, -0.15) is 0 Å². The first-order chi connectivity index (χ1) is 10.0. The summed E-state index contributed by atoms with van der Waals surface area (Å²) < 4.78 is 15.4. The molecule has 1 aromatic rings. The fourth-order valence-electron chi connectivity index (χ4n) is 1.85. The molecule has 1 aromatic heterocycles. The summed E-state index contributed by atoms with van der Waals surface area (Å²) in [4.78, 5) is 46.5. The number of aromatic nitrogens is 2. The number of hydrogen-bond donors (Lipinski definition) is 6. The van der Waals surface area contributed by atoms with Crippen LogP contribution in [0.25, 0.3) is 0 Å². The minimum Gasteiger partial charge on any atom is -0.394 e. The summed E-state index contributed by atoms with van der Waals surface area (Å²) in [6, 6.07) is 0. The van der Waals surface area contributed by atoms with Crippen molar-refractivity contribution in [3.05, 3.63) is 32.6 Å². The maximum atomic E-state index is 11.6. The van der Waals surface area contributed by atoms with E-state index in [0.717, 1.165) is 0 Å². The van der Waals surface area contributed by atoms with E-state index in [1.807, 2.05) is 0 Å². The number of aliphatic hydroxyl groups excluding tert-OH is 2. The minimum absolute atomic E-state index is 0. The van der Waals surface area contributed by atoms with Crippen molar-refractivity contribution in [2.45, 2.75) is 31.8 Å². The molecule has 11 nitrogen and oxygen atoms in total. The molecule has 1 aliphatic rings. The zero-order chi connectivity index (χ0) is 17.1. The molecule has 0 aromatic carbocycles. The molecule has 0 unspecified atom stereocenters. The first kappa shape index (κ1) is 26.4. The van der Waals surface area contributed by atoms with E-state index in [1.165, 1.54) is 10.8 Å². The standard InChI is InChI=1S/C10H14N2O5.2Ag.H3O4P/c1-5-3-12(10(16)11-9(5)15)8-2-6(14)7(4-13)17-8;;;1-5(2,3)4/h3,6-8,13-14H,2,4H2,1H3,(H,11,15,16);;;(H3,1,2,3,4)/t6-,7+,8+;;;/m0.../s1. The van der Waals surface area contributed by atoms with Gasteiger partial charge in [0, 0.05) is 62.9 Å². The van der Waals surface area contributed by atoms with Crippen molar-refractivity contribution in [3.63, 3.8) is 0 Å². The zero-order valence-corrected chi connectivity index (χ0v) is 15.9. The second-order valence-electron chi connectivity index (χ2n) is 4.61. The average molecular weight is 556 g/mol. The van der Waals surface area contributed by atoms with Crippen LogP contribution in [-0.4, -0.2) is 53.3 Å². The van der Waals surface area contributed by atoms with Crippen molar-refractivity contribution in [3.8, 4) is 0 Å². The van der Waals surface area contributed by atoms with Crippen LogP contribution in [0.15, 0.2) is 15.8 Å². The molecule has 3 atom stereocenters. The van der Waals surface area contributed by atoms with Gasteiger partial charge in [-0.05, 0) is 6.92 Å². The zero-order valence-electron chi connectivity index (χ0n) is 12.1. The number of aryl methyl sites for hydroxylation is 1. The SMILES string of the molecule is Cc1cn([C@H]2C[C@H](O)[C@@H](CO)O2)c(=O)[nH]c1=O.O=P(O)(O)O.[Ag].[Ag]. The van der Waals surface area contributed by atoms with Crippen LogP contribution < -0.4 is 11.2 Å². The molecule has 1 saturated heterocycles. The summed E-state index contributed by atoms with van der Waals surface area (Å²) in [6.45, 7) is 1.26. The number of phosphoric acid groups is 1. The molecule has 2 radical (unpaired) electrons. The summed E-state index contributed by atoms with van der Waals surface area (Å²) in [6.07, 6.45) is -0.581. The van der Waals surface area contributed by atoms with Crippen LogP contribution in [-0.2, 0) is 54.1 Å². The number of aromatic amines is 1. The van der Waals surface area contributed by atoms with Gasteiger partial charge in [-0.3, -0.25) is 14.3 Å². The van der Waals surface area contributed by atoms with Gasteiger partial charge in [0.2, 0.25) is 0 Å². The van der Waals surface area contributed by atoms with Crippen LogP contribution >= 0.6 is 7.82 Å². The maximum absolute atomic E-state index is 11.6. The summed E-state index contributed by atoms with van der Waals surface area (Å²) in [5.41, 5.74) is -0.643. The topological polar surface area (TPSA) is 182 Å². The van der Waals surface area contributed by atoms with Gasteiger partial charge in [0.1, 0.15) is 12.3 Å². The molecule has 1 aliphatic heterocycles. The van der Waals surface area contributed by atoms with E-state index in [1.54, 1.807) is 6.92 Å². The fourth-order valence-corrected chi connectivity index (χ4v) is 1.85. The molecule has 148 valence electrons. The molecule has 0 amide bonds. The number of nitrogens with zero attached hydrogens (tertiary/aromatic N) is 1. The monoisotopic (exact) mass is 554 g/mol. The smallest absolute Gasteiger partial charge is 0.394 e. The van der Waals surface area contributed by atoms with E-state index in [0.29, 0.717) is 5.56 Å². The molecule has 0 aliphatic carbocycles. The van der Waals surface area contributed by atoms with Gasteiger partial charge in [-0.1, -0.05) is 0 Å². The van der Waals surface area contributed by atoms with Crippen molar-refractivity contribution >= 4 is 7.82 Å². The third-order valence-electron chi connectivity index (χ3n) is 2.84. The van der Waals surface area contributed by atoms with Crippen molar-refractivity contribution in [2.24, 2.45) is 0 Å². The number of hydrogen-bond acceptors (Lipinski definition) is 6. The van der Waals surface area contributed by atoms with Crippen molar-refractivity contribution in [1.29, 1.82) is 0 Å². The van der Waals surface area contributed by atoms with Gasteiger partial charge in [0.15, 0.2) is 0 Å². The van der Waals surface area contributed by atoms with E-state index < -0.39 is 37.5 Å². The Balaban J connectivity index is 0. The first-order valence-corrected chi connectivity index (χ1v) is 7.64. The largest absolute Gasteiger partial charge is 0.466 e. The second-order valence-corrected chi connectivity index (χ2v) is 5.63. The predicted molar refractivity (Wildman–Crippen MR) is 71.9 cm³/mol. The third kappa shape index (κ3) is 8.50. The Hall–Kier alpha value is 0.151. The molecular formula is C10H17Ag2N2O9P. The van der Waals surface area contributed by atoms with Crippen LogP contribution in [0.5, 0.6) is 0 Å². The average Bonchev–Trinajstić information content (AvgIpc) is 2.73. The third-order valence-corrected chi connectivity index (χ3v) is 2.84. The molecule has 2 heterocycles. The molecule has 24 heavy (non-hydrogen) atoms. The Bertz CT molecular complexity index is 665. The number of nitrogens with one attached hydrogen (secondary N) is 1. The second kappa shape index (κ2) is 11.0. The molecular weight excluding hydrogens is 539 g/mol. The summed E-state index contributed by atoms with van der Waals surface area (Å²) in [7, 11) is -4.64. The molecule has 6 N–H and O–H groups in total. The van der Waals surface area contributed by atoms with Gasteiger partial charge in [-0.15, -0.1) is 0 Å². The van der Waals surface area contributed by atoms with Gasteiger partial charge in [0.25, 0.3) is 5.56 Å². The number of ether oxygens (including phenoxy) is 1. The van der Waals surface area contributed by atoms with Crippen LogP contribution in [0.3, 0.4) is 0 Å². The van der Waals surface area contributed by atoms with Crippen LogP contribution in [0.2, 0.25) is 0 Å². The normalized spacial score (nSPS) is 22.7. The number of H-pyrrole nitrogens is 1. The summed E-state index contributed by atoms with van der Waals surface area (Å²) in [5, 5.41) is 18.5. The molecule has 1 fully saturated rings. The van der Waals surface area contributed by atoms with Gasteiger partial charge in [-0.25, -0.2) is 9.36 Å². The fraction of sp³-hybridized carbons (Fsp3) is 0.600. The molecule has 0 spiro atoms. The van der Waals surface area contributed by atoms with Crippen LogP contribution in [0.4, 0.5) is 0 Å². The quantitative estimate of drug-likeness (QED) is 0.170. The van der Waals surface area contributed by atoms with Crippen molar-refractivity contribution in [2.75, 3.05) is 6.61 Å². The summed E-state index contributed by atoms with van der Waals surface area (Å²) in [5.74, 6) is 0. The number of rotatable bonds is 2. The Kier molecular flexibility index (Phi) is 12.1. The van der Waals surface area contributed by atoms with E-state index in [2.05, 4.69) is 4.98 Å². The van der Waals surface area contributed by atoms with E-state index in [4.69, 9.17) is 29.1 Å². The van der Waals surface area contributed by atoms with Gasteiger partial charge < -0.3 is 29.6 Å². The van der Waals surface area contributed by atoms with Crippen LogP contribution in [0, 0.1) is 6.92 Å². The van der Waals surface area contributed by atoms with Crippen LogP contribution in [0.1, 0.15) is 18.2 Å². The maximum Gasteiger partial charge on any atom is 0.466 e.